The van der Waals surface area contributed by atoms with E-state index < -0.39 is 0 Å². The highest BCUT2D eigenvalue weighted by Crippen LogP contribution is 2.30. The molecule has 0 aromatic carbocycles. The Kier molecular flexibility index (Phi) is 4.40. The number of nitrogens with one attached hydrogen (secondary N) is 1. The van der Waals surface area contributed by atoms with Gasteiger partial charge in [0.25, 0.3) is 0 Å². The molecule has 0 aliphatic carbocycles. The number of thiophene rings is 1. The minimum atomic E-state index is 0.0792. The van der Waals surface area contributed by atoms with E-state index in [2.05, 4.69) is 41.6 Å². The third-order valence-corrected chi connectivity index (χ3v) is 4.60. The predicted molar refractivity (Wildman–Crippen MR) is 76.0 cm³/mol. The second-order valence-electron chi connectivity index (χ2n) is 5.39. The van der Waals surface area contributed by atoms with Gasteiger partial charge in [-0.25, -0.2) is 0 Å². The topological polar surface area (TPSA) is 32.3 Å². The fraction of sp³-hybridized carbons (Fsp3) is 0.643. The second kappa shape index (κ2) is 5.85. The lowest BCUT2D eigenvalue weighted by molar-refractivity contribution is -0.120. The van der Waals surface area contributed by atoms with Gasteiger partial charge >= 0.3 is 0 Å². The normalized spacial score (nSPS) is 25.3. The molecule has 1 aliphatic rings. The average Bonchev–Trinajstić information content (AvgIpc) is 2.80. The zero-order chi connectivity index (χ0) is 13.1. The first-order valence-corrected chi connectivity index (χ1v) is 7.48. The number of rotatable bonds is 3. The fourth-order valence-corrected chi connectivity index (χ4v) is 3.51. The van der Waals surface area contributed by atoms with Gasteiger partial charge in [0.2, 0.25) is 5.91 Å². The fourth-order valence-electron chi connectivity index (χ4n) is 2.68. The number of carbonyl (C=O) groups excluding carboxylic acids is 1. The highest BCUT2D eigenvalue weighted by molar-refractivity contribution is 7.10. The highest BCUT2D eigenvalue weighted by atomic mass is 32.1. The summed E-state index contributed by atoms with van der Waals surface area (Å²) in [5.41, 5.74) is 0. The van der Waals surface area contributed by atoms with Crippen LogP contribution in [0.15, 0.2) is 17.5 Å². The van der Waals surface area contributed by atoms with Crippen molar-refractivity contribution in [2.45, 2.75) is 45.2 Å². The quantitative estimate of drug-likeness (QED) is 0.911. The van der Waals surface area contributed by atoms with Crippen molar-refractivity contribution in [1.29, 1.82) is 0 Å². The largest absolute Gasteiger partial charge is 0.352 e. The van der Waals surface area contributed by atoms with Crippen molar-refractivity contribution in [3.05, 3.63) is 22.4 Å². The number of amides is 1. The summed E-state index contributed by atoms with van der Waals surface area (Å²) in [5, 5.41) is 5.22. The van der Waals surface area contributed by atoms with Gasteiger partial charge in [-0.3, -0.25) is 9.69 Å². The Morgan fingerprint density at radius 1 is 1.50 bits per heavy atom. The summed E-state index contributed by atoms with van der Waals surface area (Å²) in [6.07, 6.45) is 1.06. The standard InChI is InChI=1S/C14H22N2OS/c1-10(2)16-8-12(14-5-4-6-18-14)7-13(9-16)15-11(3)17/h4-6,10,12-13H,7-9H2,1-3H3,(H,15,17). The zero-order valence-corrected chi connectivity index (χ0v) is 12.2. The first-order chi connectivity index (χ1) is 8.56. The molecule has 0 spiro atoms. The van der Waals surface area contributed by atoms with E-state index in [-0.39, 0.29) is 11.9 Å². The van der Waals surface area contributed by atoms with Gasteiger partial charge in [-0.05, 0) is 31.7 Å². The predicted octanol–water partition coefficient (Wildman–Crippen LogP) is 2.45. The van der Waals surface area contributed by atoms with Gasteiger partial charge in [-0.15, -0.1) is 11.3 Å². The highest BCUT2D eigenvalue weighted by Gasteiger charge is 2.30. The molecular formula is C14H22N2OS. The Hall–Kier alpha value is -0.870. The third-order valence-electron chi connectivity index (χ3n) is 3.56. The maximum Gasteiger partial charge on any atom is 0.217 e. The van der Waals surface area contributed by atoms with Crippen molar-refractivity contribution in [2.75, 3.05) is 13.1 Å². The maximum absolute atomic E-state index is 11.3. The van der Waals surface area contributed by atoms with Gasteiger partial charge in [0.15, 0.2) is 0 Å². The number of carbonyl (C=O) groups is 1. The molecule has 0 radical (unpaired) electrons. The summed E-state index contributed by atoms with van der Waals surface area (Å²) in [6.45, 7) is 8.13. The molecule has 1 fully saturated rings. The van der Waals surface area contributed by atoms with E-state index in [0.29, 0.717) is 12.0 Å². The monoisotopic (exact) mass is 266 g/mol. The van der Waals surface area contributed by atoms with E-state index in [1.165, 1.54) is 4.88 Å². The average molecular weight is 266 g/mol. The van der Waals surface area contributed by atoms with Gasteiger partial charge in [0.05, 0.1) is 0 Å². The molecule has 1 aliphatic heterocycles. The summed E-state index contributed by atoms with van der Waals surface area (Å²) >= 11 is 1.82. The van der Waals surface area contributed by atoms with Crippen LogP contribution in [-0.4, -0.2) is 36.0 Å². The van der Waals surface area contributed by atoms with Crippen LogP contribution < -0.4 is 5.32 Å². The Bertz CT molecular complexity index is 389. The summed E-state index contributed by atoms with van der Waals surface area (Å²) in [5.74, 6) is 0.633. The van der Waals surface area contributed by atoms with Gasteiger partial charge in [0.1, 0.15) is 0 Å². The number of likely N-dealkylation sites (tertiary alicyclic amines) is 1. The molecule has 2 heterocycles. The summed E-state index contributed by atoms with van der Waals surface area (Å²) in [6, 6.07) is 5.14. The minimum Gasteiger partial charge on any atom is -0.352 e. The summed E-state index contributed by atoms with van der Waals surface area (Å²) < 4.78 is 0. The summed E-state index contributed by atoms with van der Waals surface area (Å²) in [4.78, 5) is 15.2. The Morgan fingerprint density at radius 2 is 2.28 bits per heavy atom. The first-order valence-electron chi connectivity index (χ1n) is 6.60. The maximum atomic E-state index is 11.3. The van der Waals surface area contributed by atoms with Crippen LogP contribution in [0, 0.1) is 0 Å². The van der Waals surface area contributed by atoms with E-state index in [0.717, 1.165) is 19.5 Å². The van der Waals surface area contributed by atoms with Crippen molar-refractivity contribution in [1.82, 2.24) is 10.2 Å². The Balaban J connectivity index is 2.09. The number of hydrogen-bond acceptors (Lipinski definition) is 3. The molecule has 1 aromatic rings. The molecule has 2 atom stereocenters. The van der Waals surface area contributed by atoms with E-state index in [4.69, 9.17) is 0 Å². The Morgan fingerprint density at radius 3 is 2.83 bits per heavy atom. The molecule has 2 unspecified atom stereocenters. The van der Waals surface area contributed by atoms with Crippen LogP contribution >= 0.6 is 11.3 Å². The lowest BCUT2D eigenvalue weighted by atomic mass is 9.92. The molecule has 1 aromatic heterocycles. The molecular weight excluding hydrogens is 244 g/mol. The summed E-state index contributed by atoms with van der Waals surface area (Å²) in [7, 11) is 0. The van der Waals surface area contributed by atoms with Crippen LogP contribution in [0.5, 0.6) is 0 Å². The molecule has 0 bridgehead atoms. The number of nitrogens with zero attached hydrogens (tertiary/aromatic N) is 1. The van der Waals surface area contributed by atoms with Crippen molar-refractivity contribution in [3.8, 4) is 0 Å². The molecule has 1 N–H and O–H groups in total. The molecule has 1 amide bonds. The molecule has 2 rings (SSSR count). The first kappa shape index (κ1) is 13.6. The zero-order valence-electron chi connectivity index (χ0n) is 11.3. The lowest BCUT2D eigenvalue weighted by Gasteiger charge is -2.39. The van der Waals surface area contributed by atoms with Gasteiger partial charge in [-0.2, -0.15) is 0 Å². The SMILES string of the molecule is CC(=O)NC1CC(c2cccs2)CN(C(C)C)C1. The van der Waals surface area contributed by atoms with Crippen molar-refractivity contribution >= 4 is 17.2 Å². The lowest BCUT2D eigenvalue weighted by Crippen LogP contribution is -2.51. The van der Waals surface area contributed by atoms with E-state index in [1.807, 2.05) is 11.3 Å². The van der Waals surface area contributed by atoms with Crippen LogP contribution in [-0.2, 0) is 4.79 Å². The van der Waals surface area contributed by atoms with E-state index in [9.17, 15) is 4.79 Å². The van der Waals surface area contributed by atoms with Gasteiger partial charge in [0, 0.05) is 42.9 Å². The van der Waals surface area contributed by atoms with Crippen molar-refractivity contribution in [2.24, 2.45) is 0 Å². The Labute approximate surface area is 113 Å². The van der Waals surface area contributed by atoms with Gasteiger partial charge in [-0.1, -0.05) is 6.07 Å². The van der Waals surface area contributed by atoms with Crippen LogP contribution in [0.3, 0.4) is 0 Å². The van der Waals surface area contributed by atoms with Crippen LogP contribution in [0.25, 0.3) is 0 Å². The van der Waals surface area contributed by atoms with Crippen LogP contribution in [0.1, 0.15) is 38.0 Å². The van der Waals surface area contributed by atoms with Crippen molar-refractivity contribution in [3.63, 3.8) is 0 Å². The molecule has 4 heteroatoms. The third kappa shape index (κ3) is 3.33. The molecule has 100 valence electrons. The van der Waals surface area contributed by atoms with E-state index >= 15 is 0 Å². The smallest absolute Gasteiger partial charge is 0.217 e. The van der Waals surface area contributed by atoms with Crippen LogP contribution in [0.4, 0.5) is 0 Å². The van der Waals surface area contributed by atoms with Gasteiger partial charge < -0.3 is 5.32 Å². The van der Waals surface area contributed by atoms with Crippen molar-refractivity contribution < 1.29 is 4.79 Å². The molecule has 1 saturated heterocycles. The molecule has 18 heavy (non-hydrogen) atoms. The van der Waals surface area contributed by atoms with Crippen LogP contribution in [0.2, 0.25) is 0 Å². The second-order valence-corrected chi connectivity index (χ2v) is 6.37. The molecule has 0 saturated carbocycles. The molecule has 3 nitrogen and oxygen atoms in total. The number of hydrogen-bond donors (Lipinski definition) is 1. The minimum absolute atomic E-state index is 0.0792. The van der Waals surface area contributed by atoms with E-state index in [1.54, 1.807) is 6.92 Å². The number of piperidine rings is 1.